The second-order valence-electron chi connectivity index (χ2n) is 5.74. The average Bonchev–Trinajstić information content (AvgIpc) is 2.89. The summed E-state index contributed by atoms with van der Waals surface area (Å²) in [4.78, 5) is 15.0. The fourth-order valence-electron chi connectivity index (χ4n) is 2.02. The van der Waals surface area contributed by atoms with Crippen LogP contribution in [-0.2, 0) is 10.2 Å². The van der Waals surface area contributed by atoms with Crippen LogP contribution in [-0.4, -0.2) is 31.2 Å². The lowest BCUT2D eigenvalue weighted by molar-refractivity contribution is -0.385. The minimum absolute atomic E-state index is 0.0778. The molecule has 1 heterocycles. The van der Waals surface area contributed by atoms with Gasteiger partial charge in [0.1, 0.15) is 6.61 Å². The number of nitrogens with zero attached hydrogens (tertiary/aromatic N) is 2. The Hall–Kier alpha value is -2.31. The third kappa shape index (κ3) is 3.24. The van der Waals surface area contributed by atoms with Crippen molar-refractivity contribution in [3.8, 4) is 5.75 Å². The number of nitro benzene ring substituents is 1. The van der Waals surface area contributed by atoms with E-state index in [0.717, 1.165) is 5.56 Å². The quantitative estimate of drug-likeness (QED) is 0.684. The van der Waals surface area contributed by atoms with Crippen LogP contribution in [0.5, 0.6) is 5.75 Å². The molecule has 1 aliphatic rings. The lowest BCUT2D eigenvalue weighted by Crippen LogP contribution is -2.16. The first-order chi connectivity index (χ1) is 9.82. The van der Waals surface area contributed by atoms with Gasteiger partial charge in [0.2, 0.25) is 5.75 Å². The van der Waals surface area contributed by atoms with Gasteiger partial charge in [-0.15, -0.1) is 0 Å². The molecule has 1 aromatic rings. The highest BCUT2D eigenvalue weighted by Gasteiger charge is 2.26. The number of nitrogens with one attached hydrogen (secondary N) is 1. The summed E-state index contributed by atoms with van der Waals surface area (Å²) in [5.74, 6) is 0.172. The summed E-state index contributed by atoms with van der Waals surface area (Å²) >= 11 is 0. The lowest BCUT2D eigenvalue weighted by atomic mass is 9.86. The maximum absolute atomic E-state index is 11.3. The second kappa shape index (κ2) is 5.59. The highest BCUT2D eigenvalue weighted by Crippen LogP contribution is 2.39. The maximum atomic E-state index is 11.3. The molecule has 1 aliphatic heterocycles. The van der Waals surface area contributed by atoms with Crippen molar-refractivity contribution < 1.29 is 14.4 Å². The number of hydrogen-bond donors (Lipinski definition) is 1. The normalized spacial score (nSPS) is 14.4. The number of benzene rings is 1. The zero-order valence-electron chi connectivity index (χ0n) is 12.6. The first-order valence-electron chi connectivity index (χ1n) is 6.64. The van der Waals surface area contributed by atoms with Crippen LogP contribution in [0.2, 0.25) is 0 Å². The molecule has 7 heteroatoms. The van der Waals surface area contributed by atoms with Crippen molar-refractivity contribution in [2.75, 3.05) is 25.6 Å². The topological polar surface area (TPSA) is 86.0 Å². The van der Waals surface area contributed by atoms with Crippen molar-refractivity contribution in [3.05, 3.63) is 27.8 Å². The third-order valence-corrected chi connectivity index (χ3v) is 3.16. The molecule has 0 aromatic heterocycles. The van der Waals surface area contributed by atoms with Crippen molar-refractivity contribution in [2.45, 2.75) is 26.2 Å². The lowest BCUT2D eigenvalue weighted by Gasteiger charge is -2.21. The number of nitro groups is 1. The van der Waals surface area contributed by atoms with Gasteiger partial charge in [0.05, 0.1) is 24.3 Å². The summed E-state index contributed by atoms with van der Waals surface area (Å²) in [6, 6.07) is 3.73. The average molecular weight is 293 g/mol. The Morgan fingerprint density at radius 1 is 1.43 bits per heavy atom. The van der Waals surface area contributed by atoms with Gasteiger partial charge in [-0.2, -0.15) is 0 Å². The van der Waals surface area contributed by atoms with Crippen LogP contribution in [0.15, 0.2) is 17.1 Å². The molecule has 1 N–H and O–H groups in total. The van der Waals surface area contributed by atoms with Crippen molar-refractivity contribution in [2.24, 2.45) is 4.99 Å². The molecule has 0 radical (unpaired) electrons. The molecule has 0 atom stereocenters. The van der Waals surface area contributed by atoms with E-state index in [1.54, 1.807) is 6.07 Å². The number of ether oxygens (including phenoxy) is 2. The van der Waals surface area contributed by atoms with Gasteiger partial charge in [-0.3, -0.25) is 10.1 Å². The van der Waals surface area contributed by atoms with E-state index in [-0.39, 0.29) is 16.9 Å². The zero-order valence-corrected chi connectivity index (χ0v) is 12.6. The van der Waals surface area contributed by atoms with Gasteiger partial charge in [-0.1, -0.05) is 20.8 Å². The highest BCUT2D eigenvalue weighted by molar-refractivity contribution is 5.92. The van der Waals surface area contributed by atoms with Crippen LogP contribution in [0.25, 0.3) is 0 Å². The van der Waals surface area contributed by atoms with Gasteiger partial charge < -0.3 is 14.8 Å². The van der Waals surface area contributed by atoms with E-state index in [0.29, 0.717) is 24.9 Å². The fraction of sp³-hybridized carbons (Fsp3) is 0.500. The van der Waals surface area contributed by atoms with Crippen LogP contribution in [0, 0.1) is 10.1 Å². The molecule has 7 nitrogen and oxygen atoms in total. The van der Waals surface area contributed by atoms with E-state index in [1.807, 2.05) is 26.8 Å². The number of rotatable bonds is 3. The smallest absolute Gasteiger partial charge is 0.313 e. The van der Waals surface area contributed by atoms with Crippen molar-refractivity contribution in [3.63, 3.8) is 0 Å². The zero-order chi connectivity index (χ0) is 15.6. The second-order valence-corrected chi connectivity index (χ2v) is 5.74. The SMILES string of the molecule is COc1c(NC2=NCCO2)cc(C(C)(C)C)cc1[N+](=O)[O-]. The van der Waals surface area contributed by atoms with Crippen LogP contribution >= 0.6 is 0 Å². The van der Waals surface area contributed by atoms with Crippen LogP contribution in [0.1, 0.15) is 26.3 Å². The van der Waals surface area contributed by atoms with Crippen LogP contribution in [0.4, 0.5) is 11.4 Å². The summed E-state index contributed by atoms with van der Waals surface area (Å²) in [6.07, 6.45) is 0. The summed E-state index contributed by atoms with van der Waals surface area (Å²) in [5.41, 5.74) is 1.01. The minimum atomic E-state index is -0.448. The minimum Gasteiger partial charge on any atom is -0.489 e. The molecular weight excluding hydrogens is 274 g/mol. The Bertz CT molecular complexity index is 591. The first-order valence-corrected chi connectivity index (χ1v) is 6.64. The Morgan fingerprint density at radius 2 is 2.14 bits per heavy atom. The van der Waals surface area contributed by atoms with E-state index in [9.17, 15) is 10.1 Å². The Morgan fingerprint density at radius 3 is 2.62 bits per heavy atom. The van der Waals surface area contributed by atoms with Gasteiger partial charge in [0.15, 0.2) is 0 Å². The van der Waals surface area contributed by atoms with Crippen molar-refractivity contribution in [1.82, 2.24) is 0 Å². The molecule has 0 saturated carbocycles. The molecule has 0 spiro atoms. The van der Waals surface area contributed by atoms with E-state index < -0.39 is 4.92 Å². The van der Waals surface area contributed by atoms with Gasteiger partial charge in [-0.05, 0) is 17.0 Å². The summed E-state index contributed by atoms with van der Waals surface area (Å²) in [5, 5.41) is 14.3. The van der Waals surface area contributed by atoms with Gasteiger partial charge in [-0.25, -0.2) is 4.99 Å². The molecule has 0 saturated heterocycles. The molecule has 0 fully saturated rings. The monoisotopic (exact) mass is 293 g/mol. The number of methoxy groups -OCH3 is 1. The Balaban J connectivity index is 2.53. The Labute approximate surface area is 123 Å². The molecule has 2 rings (SSSR count). The largest absolute Gasteiger partial charge is 0.489 e. The van der Waals surface area contributed by atoms with E-state index >= 15 is 0 Å². The number of aliphatic imine (C=N–C) groups is 1. The standard InChI is InChI=1S/C14H19N3O4/c1-14(2,3)9-7-10(16-13-15-5-6-21-13)12(20-4)11(8-9)17(18)19/h7-8H,5-6H2,1-4H3,(H,15,16). The number of amidine groups is 1. The fourth-order valence-corrected chi connectivity index (χ4v) is 2.02. The summed E-state index contributed by atoms with van der Waals surface area (Å²) < 4.78 is 10.5. The first kappa shape index (κ1) is 15.1. The van der Waals surface area contributed by atoms with E-state index in [4.69, 9.17) is 9.47 Å². The molecule has 1 aromatic carbocycles. The molecule has 114 valence electrons. The molecule has 0 unspecified atom stereocenters. The molecule has 21 heavy (non-hydrogen) atoms. The van der Waals surface area contributed by atoms with Gasteiger partial charge in [0, 0.05) is 6.07 Å². The summed E-state index contributed by atoms with van der Waals surface area (Å²) in [7, 11) is 1.40. The number of anilines is 1. The number of hydrogen-bond acceptors (Lipinski definition) is 6. The predicted octanol–water partition coefficient (Wildman–Crippen LogP) is 2.70. The van der Waals surface area contributed by atoms with E-state index in [1.165, 1.54) is 7.11 Å². The van der Waals surface area contributed by atoms with Crippen molar-refractivity contribution >= 4 is 17.4 Å². The van der Waals surface area contributed by atoms with Crippen LogP contribution in [0.3, 0.4) is 0 Å². The highest BCUT2D eigenvalue weighted by atomic mass is 16.6. The predicted molar refractivity (Wildman–Crippen MR) is 80.2 cm³/mol. The van der Waals surface area contributed by atoms with Gasteiger partial charge in [0.25, 0.3) is 6.02 Å². The molecule has 0 aliphatic carbocycles. The molecular formula is C14H19N3O4. The van der Waals surface area contributed by atoms with Crippen molar-refractivity contribution in [1.29, 1.82) is 0 Å². The van der Waals surface area contributed by atoms with Crippen LogP contribution < -0.4 is 10.1 Å². The summed E-state index contributed by atoms with van der Waals surface area (Å²) in [6.45, 7) is 7.06. The van der Waals surface area contributed by atoms with E-state index in [2.05, 4.69) is 10.3 Å². The van der Waals surface area contributed by atoms with Gasteiger partial charge >= 0.3 is 5.69 Å². The molecule has 0 bridgehead atoms. The third-order valence-electron chi connectivity index (χ3n) is 3.16. The maximum Gasteiger partial charge on any atom is 0.313 e. The molecule has 0 amide bonds. The Kier molecular flexibility index (Phi) is 4.02.